The van der Waals surface area contributed by atoms with Crippen LogP contribution >= 0.6 is 0 Å². The minimum Gasteiger partial charge on any atom is -0.478 e. The third-order valence-corrected chi connectivity index (χ3v) is 4.30. The number of carbonyl (C=O) groups is 2. The Morgan fingerprint density at radius 1 is 0.625 bits per heavy atom. The van der Waals surface area contributed by atoms with Gasteiger partial charge in [-0.3, -0.25) is 0 Å². The highest BCUT2D eigenvalue weighted by atomic mass is 16.4. The third kappa shape index (κ3) is 2.08. The maximum atomic E-state index is 11.7. The van der Waals surface area contributed by atoms with Crippen molar-refractivity contribution < 1.29 is 19.8 Å². The van der Waals surface area contributed by atoms with Gasteiger partial charge in [0, 0.05) is 0 Å². The Morgan fingerprint density at radius 3 is 1.92 bits per heavy atom. The first kappa shape index (κ1) is 14.2. The van der Waals surface area contributed by atoms with E-state index in [0.717, 1.165) is 21.5 Å². The Balaban J connectivity index is 2.24. The molecule has 0 aliphatic rings. The lowest BCUT2D eigenvalue weighted by molar-refractivity contribution is 0.0687. The summed E-state index contributed by atoms with van der Waals surface area (Å²) in [5.74, 6) is -2.01. The summed E-state index contributed by atoms with van der Waals surface area (Å²) < 4.78 is 0. The molecule has 2 N–H and O–H groups in total. The van der Waals surface area contributed by atoms with Gasteiger partial charge in [0.05, 0.1) is 11.1 Å². The molecule has 0 unspecified atom stereocenters. The molecule has 0 atom stereocenters. The van der Waals surface area contributed by atoms with E-state index in [1.165, 1.54) is 6.07 Å². The van der Waals surface area contributed by atoms with Crippen LogP contribution in [0.5, 0.6) is 0 Å². The number of carboxylic acid groups (broad SMARTS) is 2. The molecule has 4 nitrogen and oxygen atoms in total. The Bertz CT molecular complexity index is 1160. The van der Waals surface area contributed by atoms with Gasteiger partial charge in [0.15, 0.2) is 0 Å². The van der Waals surface area contributed by atoms with Crippen molar-refractivity contribution in [3.05, 3.63) is 71.8 Å². The van der Waals surface area contributed by atoms with Crippen LogP contribution in [-0.4, -0.2) is 22.2 Å². The summed E-state index contributed by atoms with van der Waals surface area (Å²) in [7, 11) is 0. The fraction of sp³-hybridized carbons (Fsp3) is 0. The van der Waals surface area contributed by atoms with Crippen molar-refractivity contribution in [2.45, 2.75) is 0 Å². The van der Waals surface area contributed by atoms with Crippen molar-refractivity contribution in [1.29, 1.82) is 0 Å². The highest BCUT2D eigenvalue weighted by Gasteiger charge is 2.14. The van der Waals surface area contributed by atoms with Crippen molar-refractivity contribution in [2.75, 3.05) is 0 Å². The van der Waals surface area contributed by atoms with Gasteiger partial charge in [0.2, 0.25) is 0 Å². The lowest BCUT2D eigenvalue weighted by Crippen LogP contribution is -2.00. The van der Waals surface area contributed by atoms with E-state index in [9.17, 15) is 19.8 Å². The number of hydrogen-bond acceptors (Lipinski definition) is 2. The molecule has 0 heterocycles. The van der Waals surface area contributed by atoms with Gasteiger partial charge in [-0.2, -0.15) is 0 Å². The Kier molecular flexibility index (Phi) is 3.00. The molecule has 0 saturated heterocycles. The van der Waals surface area contributed by atoms with Gasteiger partial charge >= 0.3 is 11.9 Å². The zero-order valence-electron chi connectivity index (χ0n) is 12.5. The first-order chi connectivity index (χ1) is 11.5. The van der Waals surface area contributed by atoms with Crippen molar-refractivity contribution in [3.8, 4) is 0 Å². The number of benzene rings is 4. The molecule has 116 valence electrons. The second-order valence-electron chi connectivity index (χ2n) is 5.72. The summed E-state index contributed by atoms with van der Waals surface area (Å²) in [6.07, 6.45) is 0. The average molecular weight is 316 g/mol. The largest absolute Gasteiger partial charge is 0.478 e. The fourth-order valence-corrected chi connectivity index (χ4v) is 3.14. The van der Waals surface area contributed by atoms with Crippen molar-refractivity contribution in [3.63, 3.8) is 0 Å². The van der Waals surface area contributed by atoms with Crippen LogP contribution < -0.4 is 0 Å². The Hall–Kier alpha value is -3.40. The monoisotopic (exact) mass is 316 g/mol. The number of hydrogen-bond donors (Lipinski definition) is 2. The molecular formula is C20H12O4. The van der Waals surface area contributed by atoms with Crippen LogP contribution in [0.25, 0.3) is 32.3 Å². The standard InChI is InChI=1S/C20H12O4/c21-19(22)14-6-5-13-9-18(20(23)24)17-8-12-4-2-1-3-11(12)7-16(17)15(13)10-14/h1-10H,(H,21,22)(H,23,24). The lowest BCUT2D eigenvalue weighted by atomic mass is 9.93. The number of rotatable bonds is 2. The van der Waals surface area contributed by atoms with Gasteiger partial charge < -0.3 is 10.2 Å². The van der Waals surface area contributed by atoms with Crippen LogP contribution in [0.15, 0.2) is 60.7 Å². The van der Waals surface area contributed by atoms with Crippen molar-refractivity contribution >= 4 is 44.3 Å². The number of fused-ring (bicyclic) bond motifs is 4. The lowest BCUT2D eigenvalue weighted by Gasteiger charge is -2.10. The zero-order chi connectivity index (χ0) is 16.8. The highest BCUT2D eigenvalue weighted by Crippen LogP contribution is 2.33. The normalized spacial score (nSPS) is 11.2. The van der Waals surface area contributed by atoms with E-state index in [0.29, 0.717) is 10.8 Å². The predicted octanol–water partition coefficient (Wildman–Crippen LogP) is 4.54. The molecule has 4 heteroatoms. The van der Waals surface area contributed by atoms with E-state index >= 15 is 0 Å². The number of aromatic carboxylic acids is 2. The van der Waals surface area contributed by atoms with Crippen molar-refractivity contribution in [2.24, 2.45) is 0 Å². The van der Waals surface area contributed by atoms with Crippen LogP contribution in [0.3, 0.4) is 0 Å². The Labute approximate surface area is 136 Å². The SMILES string of the molecule is O=C(O)c1ccc2cc(C(=O)O)c3cc4ccccc4cc3c2c1. The molecule has 0 bridgehead atoms. The molecule has 0 saturated carbocycles. The van der Waals surface area contributed by atoms with Crippen LogP contribution in [0, 0.1) is 0 Å². The van der Waals surface area contributed by atoms with Crippen LogP contribution in [-0.2, 0) is 0 Å². The topological polar surface area (TPSA) is 74.6 Å². The molecule has 4 aromatic rings. The molecule has 0 aromatic heterocycles. The molecule has 0 amide bonds. The maximum Gasteiger partial charge on any atom is 0.336 e. The maximum absolute atomic E-state index is 11.7. The van der Waals surface area contributed by atoms with Gasteiger partial charge in [0.1, 0.15) is 0 Å². The van der Waals surface area contributed by atoms with Gasteiger partial charge in [-0.05, 0) is 62.6 Å². The molecule has 0 aliphatic heterocycles. The van der Waals surface area contributed by atoms with E-state index < -0.39 is 11.9 Å². The summed E-state index contributed by atoms with van der Waals surface area (Å²) in [5.41, 5.74) is 0.395. The van der Waals surface area contributed by atoms with Gasteiger partial charge in [0.25, 0.3) is 0 Å². The molecule has 24 heavy (non-hydrogen) atoms. The second-order valence-corrected chi connectivity index (χ2v) is 5.72. The molecule has 0 radical (unpaired) electrons. The van der Waals surface area contributed by atoms with Crippen LogP contribution in [0.1, 0.15) is 20.7 Å². The highest BCUT2D eigenvalue weighted by molar-refractivity contribution is 6.19. The van der Waals surface area contributed by atoms with Crippen molar-refractivity contribution in [1.82, 2.24) is 0 Å². The molecule has 0 aliphatic carbocycles. The second kappa shape index (κ2) is 5.06. The van der Waals surface area contributed by atoms with Gasteiger partial charge in [-0.1, -0.05) is 30.3 Å². The summed E-state index contributed by atoms with van der Waals surface area (Å²) in [6.45, 7) is 0. The molecule has 0 spiro atoms. The summed E-state index contributed by atoms with van der Waals surface area (Å²) in [4.78, 5) is 22.9. The molecule has 4 aromatic carbocycles. The van der Waals surface area contributed by atoms with Crippen LogP contribution in [0.4, 0.5) is 0 Å². The van der Waals surface area contributed by atoms with E-state index in [4.69, 9.17) is 0 Å². The van der Waals surface area contributed by atoms with E-state index in [-0.39, 0.29) is 11.1 Å². The minimum atomic E-state index is -1.01. The van der Waals surface area contributed by atoms with Gasteiger partial charge in [-0.25, -0.2) is 9.59 Å². The van der Waals surface area contributed by atoms with E-state index in [1.54, 1.807) is 18.2 Å². The Morgan fingerprint density at radius 2 is 1.29 bits per heavy atom. The summed E-state index contributed by atoms with van der Waals surface area (Å²) >= 11 is 0. The first-order valence-corrected chi connectivity index (χ1v) is 7.40. The quantitative estimate of drug-likeness (QED) is 0.420. The van der Waals surface area contributed by atoms with E-state index in [1.807, 2.05) is 36.4 Å². The third-order valence-electron chi connectivity index (χ3n) is 4.30. The molecule has 4 rings (SSSR count). The summed E-state index contributed by atoms with van der Waals surface area (Å²) in [5, 5.41) is 23.5. The van der Waals surface area contributed by atoms with Gasteiger partial charge in [-0.15, -0.1) is 0 Å². The van der Waals surface area contributed by atoms with Crippen LogP contribution in [0.2, 0.25) is 0 Å². The fourth-order valence-electron chi connectivity index (χ4n) is 3.14. The zero-order valence-corrected chi connectivity index (χ0v) is 12.5. The minimum absolute atomic E-state index is 0.181. The predicted molar refractivity (Wildman–Crippen MR) is 92.9 cm³/mol. The number of carboxylic acids is 2. The van der Waals surface area contributed by atoms with E-state index in [2.05, 4.69) is 0 Å². The molecular weight excluding hydrogens is 304 g/mol. The first-order valence-electron chi connectivity index (χ1n) is 7.40. The summed E-state index contributed by atoms with van der Waals surface area (Å²) in [6, 6.07) is 17.8. The average Bonchev–Trinajstić information content (AvgIpc) is 2.58. The molecule has 0 fully saturated rings. The smallest absolute Gasteiger partial charge is 0.336 e.